The lowest BCUT2D eigenvalue weighted by Crippen LogP contribution is -2.48. The Labute approximate surface area is 162 Å². The molecule has 144 valence electrons. The van der Waals surface area contributed by atoms with Gasteiger partial charge in [-0.15, -0.1) is 0 Å². The number of hydrogen-bond donors (Lipinski definition) is 2. The molecule has 0 saturated heterocycles. The molecule has 0 fully saturated rings. The number of benzene rings is 2. The minimum atomic E-state index is -0.874. The number of nitriles is 1. The molecule has 8 nitrogen and oxygen atoms in total. The summed E-state index contributed by atoms with van der Waals surface area (Å²) in [6.45, 7) is 2.61. The first-order valence-electron chi connectivity index (χ1n) is 8.38. The van der Waals surface area contributed by atoms with Gasteiger partial charge in [0.25, 0.3) is 11.8 Å². The van der Waals surface area contributed by atoms with Crippen LogP contribution in [-0.2, 0) is 9.59 Å². The Morgan fingerprint density at radius 3 is 2.43 bits per heavy atom. The highest BCUT2D eigenvalue weighted by Crippen LogP contribution is 2.14. The third-order valence-corrected chi connectivity index (χ3v) is 3.60. The SMILES string of the molecule is CC(=O)c1cccc(OCC(=O)NNC(=O)C(C)Oc2ccc(C#N)cc2)c1. The van der Waals surface area contributed by atoms with Gasteiger partial charge in [0.15, 0.2) is 18.5 Å². The highest BCUT2D eigenvalue weighted by Gasteiger charge is 2.15. The molecule has 2 rings (SSSR count). The largest absolute Gasteiger partial charge is 0.484 e. The minimum Gasteiger partial charge on any atom is -0.484 e. The predicted octanol–water partition coefficient (Wildman–Crippen LogP) is 1.75. The van der Waals surface area contributed by atoms with Crippen LogP contribution in [0.2, 0.25) is 0 Å². The third kappa shape index (κ3) is 6.14. The van der Waals surface area contributed by atoms with E-state index in [4.69, 9.17) is 14.7 Å². The molecule has 0 aromatic heterocycles. The quantitative estimate of drug-likeness (QED) is 0.557. The molecule has 0 saturated carbocycles. The predicted molar refractivity (Wildman–Crippen MR) is 99.5 cm³/mol. The van der Waals surface area contributed by atoms with Crippen LogP contribution >= 0.6 is 0 Å². The Morgan fingerprint density at radius 1 is 1.07 bits per heavy atom. The monoisotopic (exact) mass is 381 g/mol. The van der Waals surface area contributed by atoms with Gasteiger partial charge >= 0.3 is 0 Å². The summed E-state index contributed by atoms with van der Waals surface area (Å²) in [6, 6.07) is 14.7. The topological polar surface area (TPSA) is 118 Å². The maximum Gasteiger partial charge on any atom is 0.279 e. The molecule has 2 aromatic rings. The van der Waals surface area contributed by atoms with E-state index in [9.17, 15) is 14.4 Å². The van der Waals surface area contributed by atoms with E-state index >= 15 is 0 Å². The van der Waals surface area contributed by atoms with Crippen molar-refractivity contribution < 1.29 is 23.9 Å². The smallest absolute Gasteiger partial charge is 0.279 e. The van der Waals surface area contributed by atoms with E-state index in [-0.39, 0.29) is 12.4 Å². The molecular weight excluding hydrogens is 362 g/mol. The standard InChI is InChI=1S/C20H19N3O5/c1-13(24)16-4-3-5-18(10-16)27-12-19(25)22-23-20(26)14(2)28-17-8-6-15(11-21)7-9-17/h3-10,14H,12H2,1-2H3,(H,22,25)(H,23,26). The van der Waals surface area contributed by atoms with E-state index in [2.05, 4.69) is 10.9 Å². The molecule has 1 unspecified atom stereocenters. The number of ketones is 1. The Morgan fingerprint density at radius 2 is 1.79 bits per heavy atom. The lowest BCUT2D eigenvalue weighted by molar-refractivity contribution is -0.133. The van der Waals surface area contributed by atoms with Crippen molar-refractivity contribution in [3.63, 3.8) is 0 Å². The summed E-state index contributed by atoms with van der Waals surface area (Å²) in [5, 5.41) is 8.75. The van der Waals surface area contributed by atoms with Crippen LogP contribution in [0.1, 0.15) is 29.8 Å². The molecule has 0 radical (unpaired) electrons. The summed E-state index contributed by atoms with van der Waals surface area (Å²) in [6.07, 6.45) is -0.874. The number of carbonyl (C=O) groups excluding carboxylic acids is 3. The highest BCUT2D eigenvalue weighted by atomic mass is 16.5. The fourth-order valence-corrected chi connectivity index (χ4v) is 2.09. The molecule has 2 N–H and O–H groups in total. The van der Waals surface area contributed by atoms with Crippen LogP contribution in [0.4, 0.5) is 0 Å². The van der Waals surface area contributed by atoms with Crippen LogP contribution < -0.4 is 20.3 Å². The molecule has 0 spiro atoms. The first kappa shape index (κ1) is 20.5. The van der Waals surface area contributed by atoms with Gasteiger partial charge in [-0.2, -0.15) is 5.26 Å². The van der Waals surface area contributed by atoms with Crippen molar-refractivity contribution in [2.75, 3.05) is 6.61 Å². The van der Waals surface area contributed by atoms with E-state index in [0.717, 1.165) is 0 Å². The number of nitrogens with zero attached hydrogens (tertiary/aromatic N) is 1. The Kier molecular flexibility index (Phi) is 7.11. The van der Waals surface area contributed by atoms with Crippen molar-refractivity contribution in [3.05, 3.63) is 59.7 Å². The van der Waals surface area contributed by atoms with Gasteiger partial charge in [0.1, 0.15) is 11.5 Å². The first-order chi connectivity index (χ1) is 13.4. The number of nitrogens with one attached hydrogen (secondary N) is 2. The minimum absolute atomic E-state index is 0.113. The molecule has 28 heavy (non-hydrogen) atoms. The van der Waals surface area contributed by atoms with Crippen LogP contribution in [0.25, 0.3) is 0 Å². The number of Topliss-reactive ketones (excluding diaryl/α,β-unsaturated/α-hetero) is 1. The Hall–Kier alpha value is -3.86. The van der Waals surface area contributed by atoms with Crippen molar-refractivity contribution in [2.24, 2.45) is 0 Å². The van der Waals surface area contributed by atoms with Gasteiger partial charge in [-0.25, -0.2) is 0 Å². The number of amides is 2. The van der Waals surface area contributed by atoms with Crippen LogP contribution in [0.5, 0.6) is 11.5 Å². The van der Waals surface area contributed by atoms with Crippen molar-refractivity contribution in [1.82, 2.24) is 10.9 Å². The molecule has 2 amide bonds. The number of hydrogen-bond acceptors (Lipinski definition) is 6. The summed E-state index contributed by atoms with van der Waals surface area (Å²) in [4.78, 5) is 35.1. The van der Waals surface area contributed by atoms with Gasteiger partial charge in [0.05, 0.1) is 11.6 Å². The van der Waals surface area contributed by atoms with Crippen molar-refractivity contribution in [2.45, 2.75) is 20.0 Å². The molecular formula is C20H19N3O5. The van der Waals surface area contributed by atoms with Gasteiger partial charge in [0, 0.05) is 5.56 Å². The first-order valence-corrected chi connectivity index (χ1v) is 8.38. The molecule has 0 aliphatic carbocycles. The fourth-order valence-electron chi connectivity index (χ4n) is 2.09. The Balaban J connectivity index is 1.76. The Bertz CT molecular complexity index is 903. The molecule has 0 heterocycles. The van der Waals surface area contributed by atoms with E-state index in [1.807, 2.05) is 6.07 Å². The van der Waals surface area contributed by atoms with E-state index in [1.165, 1.54) is 19.9 Å². The second-order valence-corrected chi connectivity index (χ2v) is 5.81. The van der Waals surface area contributed by atoms with Gasteiger partial charge in [0.2, 0.25) is 0 Å². The summed E-state index contributed by atoms with van der Waals surface area (Å²) in [7, 11) is 0. The number of carbonyl (C=O) groups is 3. The zero-order valence-corrected chi connectivity index (χ0v) is 15.4. The van der Waals surface area contributed by atoms with Gasteiger partial charge in [-0.3, -0.25) is 25.2 Å². The van der Waals surface area contributed by atoms with E-state index in [1.54, 1.807) is 42.5 Å². The van der Waals surface area contributed by atoms with Crippen molar-refractivity contribution in [3.8, 4) is 17.6 Å². The average Bonchev–Trinajstić information content (AvgIpc) is 2.71. The second-order valence-electron chi connectivity index (χ2n) is 5.81. The van der Waals surface area contributed by atoms with Gasteiger partial charge in [-0.05, 0) is 50.2 Å². The maximum atomic E-state index is 12.0. The van der Waals surface area contributed by atoms with Crippen molar-refractivity contribution >= 4 is 17.6 Å². The van der Waals surface area contributed by atoms with Crippen LogP contribution in [0.3, 0.4) is 0 Å². The zero-order chi connectivity index (χ0) is 20.5. The van der Waals surface area contributed by atoms with Crippen LogP contribution in [0, 0.1) is 11.3 Å². The van der Waals surface area contributed by atoms with Crippen molar-refractivity contribution in [1.29, 1.82) is 5.26 Å². The number of rotatable bonds is 7. The summed E-state index contributed by atoms with van der Waals surface area (Å²) >= 11 is 0. The van der Waals surface area contributed by atoms with Crippen LogP contribution in [0.15, 0.2) is 48.5 Å². The number of ether oxygens (including phenoxy) is 2. The fraction of sp³-hybridized carbons (Fsp3) is 0.200. The molecule has 0 aliphatic heterocycles. The second kappa shape index (κ2) is 9.73. The maximum absolute atomic E-state index is 12.0. The van der Waals surface area contributed by atoms with Gasteiger partial charge in [-0.1, -0.05) is 12.1 Å². The molecule has 8 heteroatoms. The molecule has 2 aromatic carbocycles. The normalized spacial score (nSPS) is 10.9. The van der Waals surface area contributed by atoms with E-state index < -0.39 is 17.9 Å². The summed E-state index contributed by atoms with van der Waals surface area (Å²) < 4.78 is 10.7. The molecule has 0 aliphatic rings. The molecule has 0 bridgehead atoms. The highest BCUT2D eigenvalue weighted by molar-refractivity contribution is 5.94. The van der Waals surface area contributed by atoms with Gasteiger partial charge < -0.3 is 9.47 Å². The number of hydrazine groups is 1. The lowest BCUT2D eigenvalue weighted by atomic mass is 10.1. The summed E-state index contributed by atoms with van der Waals surface area (Å²) in [5.74, 6) is -0.463. The summed E-state index contributed by atoms with van der Waals surface area (Å²) in [5.41, 5.74) is 5.41. The van der Waals surface area contributed by atoms with Crippen LogP contribution in [-0.4, -0.2) is 30.3 Å². The van der Waals surface area contributed by atoms with E-state index in [0.29, 0.717) is 22.6 Å². The lowest BCUT2D eigenvalue weighted by Gasteiger charge is -2.15. The zero-order valence-electron chi connectivity index (χ0n) is 15.4. The molecule has 1 atom stereocenters. The third-order valence-electron chi connectivity index (χ3n) is 3.60. The average molecular weight is 381 g/mol.